The Morgan fingerprint density at radius 3 is 2.54 bits per heavy atom. The van der Waals surface area contributed by atoms with Gasteiger partial charge in [-0.25, -0.2) is 0 Å². The van der Waals surface area contributed by atoms with Crippen molar-refractivity contribution in [1.82, 2.24) is 5.32 Å². The number of hydrogen-bond donors (Lipinski definition) is 2. The summed E-state index contributed by atoms with van der Waals surface area (Å²) in [5.74, 6) is 0.0448. The van der Waals surface area contributed by atoms with Gasteiger partial charge >= 0.3 is 0 Å². The molecule has 0 radical (unpaired) electrons. The molecule has 0 spiro atoms. The number of rotatable bonds is 7. The van der Waals surface area contributed by atoms with E-state index >= 15 is 0 Å². The van der Waals surface area contributed by atoms with Crippen molar-refractivity contribution in [3.05, 3.63) is 60.2 Å². The van der Waals surface area contributed by atoms with Gasteiger partial charge in [0, 0.05) is 42.5 Å². The van der Waals surface area contributed by atoms with E-state index in [-0.39, 0.29) is 23.8 Å². The molecule has 2 amide bonds. The molecule has 5 nitrogen and oxygen atoms in total. The summed E-state index contributed by atoms with van der Waals surface area (Å²) in [6, 6.07) is 17.3. The fourth-order valence-corrected chi connectivity index (χ4v) is 2.73. The summed E-state index contributed by atoms with van der Waals surface area (Å²) in [6.45, 7) is 2.60. The topological polar surface area (TPSA) is 61.4 Å². The van der Waals surface area contributed by atoms with Crippen molar-refractivity contribution in [1.29, 1.82) is 0 Å². The summed E-state index contributed by atoms with van der Waals surface area (Å²) in [5, 5.41) is 5.85. The Balaban J connectivity index is 1.55. The van der Waals surface area contributed by atoms with Gasteiger partial charge in [-0.05, 0) is 50.1 Å². The lowest BCUT2D eigenvalue weighted by Gasteiger charge is -2.27. The lowest BCUT2D eigenvalue weighted by molar-refractivity contribution is -0.117. The van der Waals surface area contributed by atoms with Crippen LogP contribution in [0.2, 0.25) is 0 Å². The molecule has 0 bridgehead atoms. The first-order valence-electron chi connectivity index (χ1n) is 9.01. The molecule has 1 atom stereocenters. The number of para-hydroxylation sites is 1. The smallest absolute Gasteiger partial charge is 0.251 e. The lowest BCUT2D eigenvalue weighted by Crippen LogP contribution is -2.40. The molecule has 3 rings (SSSR count). The van der Waals surface area contributed by atoms with Gasteiger partial charge < -0.3 is 15.5 Å². The van der Waals surface area contributed by atoms with Crippen molar-refractivity contribution >= 4 is 23.2 Å². The first-order valence-corrected chi connectivity index (χ1v) is 9.01. The summed E-state index contributed by atoms with van der Waals surface area (Å²) in [4.78, 5) is 26.4. The average molecular weight is 351 g/mol. The van der Waals surface area contributed by atoms with Crippen molar-refractivity contribution in [3.8, 4) is 0 Å². The Hall–Kier alpha value is -2.82. The molecule has 1 fully saturated rings. The molecule has 26 heavy (non-hydrogen) atoms. The zero-order valence-electron chi connectivity index (χ0n) is 15.2. The van der Waals surface area contributed by atoms with Crippen LogP contribution in [0.5, 0.6) is 0 Å². The van der Waals surface area contributed by atoms with Gasteiger partial charge in [0.1, 0.15) is 0 Å². The van der Waals surface area contributed by atoms with Gasteiger partial charge in [-0.2, -0.15) is 0 Å². The van der Waals surface area contributed by atoms with E-state index in [0.29, 0.717) is 17.8 Å². The van der Waals surface area contributed by atoms with E-state index in [1.165, 1.54) is 0 Å². The van der Waals surface area contributed by atoms with Crippen LogP contribution in [0.1, 0.15) is 30.1 Å². The highest BCUT2D eigenvalue weighted by Crippen LogP contribution is 2.30. The van der Waals surface area contributed by atoms with Gasteiger partial charge in [0.05, 0.1) is 0 Å². The average Bonchev–Trinajstić information content (AvgIpc) is 3.51. The molecule has 1 aliphatic rings. The van der Waals surface area contributed by atoms with Gasteiger partial charge in [0.15, 0.2) is 0 Å². The monoisotopic (exact) mass is 351 g/mol. The van der Waals surface area contributed by atoms with Crippen LogP contribution >= 0.6 is 0 Å². The van der Waals surface area contributed by atoms with E-state index in [1.54, 1.807) is 18.2 Å². The molecule has 1 saturated carbocycles. The van der Waals surface area contributed by atoms with Crippen LogP contribution in [-0.2, 0) is 4.79 Å². The van der Waals surface area contributed by atoms with Crippen molar-refractivity contribution < 1.29 is 9.59 Å². The number of carbonyl (C=O) groups is 2. The normalized spacial score (nSPS) is 14.4. The first-order chi connectivity index (χ1) is 12.5. The SMILES string of the molecule is CC(CNC(=O)c1cccc(NC(=O)C2CC2)c1)N(C)c1ccccc1. The second kappa shape index (κ2) is 8.04. The molecule has 5 heteroatoms. The number of carbonyl (C=O) groups excluding carboxylic acids is 2. The Kier molecular flexibility index (Phi) is 5.56. The molecule has 0 aliphatic heterocycles. The Morgan fingerprint density at radius 2 is 1.85 bits per heavy atom. The summed E-state index contributed by atoms with van der Waals surface area (Å²) < 4.78 is 0. The number of amides is 2. The third-order valence-electron chi connectivity index (χ3n) is 4.72. The van der Waals surface area contributed by atoms with Crippen LogP contribution in [0.25, 0.3) is 0 Å². The van der Waals surface area contributed by atoms with Crippen LogP contribution < -0.4 is 15.5 Å². The molecule has 0 aromatic heterocycles. The predicted molar refractivity (Wildman–Crippen MR) is 104 cm³/mol. The van der Waals surface area contributed by atoms with E-state index in [9.17, 15) is 9.59 Å². The molecule has 0 saturated heterocycles. The third-order valence-corrected chi connectivity index (χ3v) is 4.72. The standard InChI is InChI=1S/C21H25N3O2/c1-15(24(2)19-9-4-3-5-10-19)14-22-20(25)17-7-6-8-18(13-17)23-21(26)16-11-12-16/h3-10,13,15-16H,11-12,14H2,1-2H3,(H,22,25)(H,23,26). The Bertz CT molecular complexity index is 772. The maximum atomic E-state index is 12.5. The quantitative estimate of drug-likeness (QED) is 0.805. The minimum atomic E-state index is -0.138. The number of anilines is 2. The minimum absolute atomic E-state index is 0.0423. The lowest BCUT2D eigenvalue weighted by atomic mass is 10.1. The van der Waals surface area contributed by atoms with Gasteiger partial charge in [0.2, 0.25) is 5.91 Å². The molecule has 0 heterocycles. The summed E-state index contributed by atoms with van der Waals surface area (Å²) in [7, 11) is 2.01. The third kappa shape index (κ3) is 4.63. The van der Waals surface area contributed by atoms with E-state index in [2.05, 4.69) is 22.5 Å². The number of likely N-dealkylation sites (N-methyl/N-ethyl adjacent to an activating group) is 1. The summed E-state index contributed by atoms with van der Waals surface area (Å²) in [5.41, 5.74) is 2.33. The second-order valence-corrected chi connectivity index (χ2v) is 6.85. The summed E-state index contributed by atoms with van der Waals surface area (Å²) in [6.07, 6.45) is 1.91. The Morgan fingerprint density at radius 1 is 1.12 bits per heavy atom. The van der Waals surface area contributed by atoms with Crippen LogP contribution in [0.3, 0.4) is 0 Å². The zero-order chi connectivity index (χ0) is 18.5. The number of nitrogens with zero attached hydrogens (tertiary/aromatic N) is 1. The fraction of sp³-hybridized carbons (Fsp3) is 0.333. The highest BCUT2D eigenvalue weighted by Gasteiger charge is 2.29. The molecule has 2 N–H and O–H groups in total. The largest absolute Gasteiger partial charge is 0.370 e. The number of nitrogens with one attached hydrogen (secondary N) is 2. The highest BCUT2D eigenvalue weighted by molar-refractivity contribution is 5.98. The molecule has 1 aliphatic carbocycles. The van der Waals surface area contributed by atoms with Crippen molar-refractivity contribution in [3.63, 3.8) is 0 Å². The van der Waals surface area contributed by atoms with Crippen LogP contribution in [-0.4, -0.2) is 31.4 Å². The minimum Gasteiger partial charge on any atom is -0.370 e. The van der Waals surface area contributed by atoms with E-state index in [0.717, 1.165) is 18.5 Å². The number of hydrogen-bond acceptors (Lipinski definition) is 3. The first kappa shape index (κ1) is 18.0. The zero-order valence-corrected chi connectivity index (χ0v) is 15.2. The van der Waals surface area contributed by atoms with Gasteiger partial charge in [-0.3, -0.25) is 9.59 Å². The molecule has 136 valence electrons. The molecule has 2 aromatic rings. The molecule has 2 aromatic carbocycles. The molecular weight excluding hydrogens is 326 g/mol. The van der Waals surface area contributed by atoms with E-state index in [1.807, 2.05) is 43.4 Å². The predicted octanol–water partition coefficient (Wildman–Crippen LogP) is 3.29. The van der Waals surface area contributed by atoms with E-state index in [4.69, 9.17) is 0 Å². The number of benzene rings is 2. The maximum absolute atomic E-state index is 12.5. The highest BCUT2D eigenvalue weighted by atomic mass is 16.2. The summed E-state index contributed by atoms with van der Waals surface area (Å²) >= 11 is 0. The van der Waals surface area contributed by atoms with Crippen molar-refractivity contribution in [2.75, 3.05) is 23.8 Å². The van der Waals surface area contributed by atoms with Crippen molar-refractivity contribution in [2.24, 2.45) is 5.92 Å². The van der Waals surface area contributed by atoms with Gasteiger partial charge in [0.25, 0.3) is 5.91 Å². The second-order valence-electron chi connectivity index (χ2n) is 6.85. The molecular formula is C21H25N3O2. The fourth-order valence-electron chi connectivity index (χ4n) is 2.73. The van der Waals surface area contributed by atoms with Crippen LogP contribution in [0.15, 0.2) is 54.6 Å². The van der Waals surface area contributed by atoms with E-state index < -0.39 is 0 Å². The van der Waals surface area contributed by atoms with Crippen molar-refractivity contribution in [2.45, 2.75) is 25.8 Å². The molecule has 1 unspecified atom stereocenters. The van der Waals surface area contributed by atoms with Crippen LogP contribution in [0.4, 0.5) is 11.4 Å². The maximum Gasteiger partial charge on any atom is 0.251 e. The van der Waals surface area contributed by atoms with Crippen LogP contribution in [0, 0.1) is 5.92 Å². The van der Waals surface area contributed by atoms with Gasteiger partial charge in [-0.1, -0.05) is 24.3 Å². The van der Waals surface area contributed by atoms with Gasteiger partial charge in [-0.15, -0.1) is 0 Å². The Labute approximate surface area is 154 Å².